The first-order valence-electron chi connectivity index (χ1n) is 9.67. The van der Waals surface area contributed by atoms with Crippen LogP contribution >= 0.6 is 0 Å². The van der Waals surface area contributed by atoms with Crippen LogP contribution in [0.25, 0.3) is 22.4 Å². The largest absolute Gasteiger partial charge is 0.478 e. The van der Waals surface area contributed by atoms with Crippen molar-refractivity contribution in [2.24, 2.45) is 0 Å². The molecule has 2 N–H and O–H groups in total. The van der Waals surface area contributed by atoms with Crippen molar-refractivity contribution in [3.63, 3.8) is 0 Å². The Bertz CT molecular complexity index is 1230. The lowest BCUT2D eigenvalue weighted by Gasteiger charge is -2.10. The van der Waals surface area contributed by atoms with Crippen LogP contribution in [0.5, 0.6) is 0 Å². The fourth-order valence-electron chi connectivity index (χ4n) is 3.44. The number of amides is 1. The van der Waals surface area contributed by atoms with E-state index in [1.165, 1.54) is 0 Å². The Hall–Kier alpha value is -3.93. The maximum Gasteiger partial charge on any atom is 0.335 e. The minimum atomic E-state index is -0.970. The summed E-state index contributed by atoms with van der Waals surface area (Å²) in [6.07, 6.45) is 0.286. The number of carboxylic acids is 1. The summed E-state index contributed by atoms with van der Waals surface area (Å²) >= 11 is 0. The Labute approximate surface area is 173 Å². The maximum absolute atomic E-state index is 12.5. The molecule has 0 aliphatic rings. The molecule has 0 aliphatic carbocycles. The number of nitrogens with zero attached hydrogens (tertiary/aromatic N) is 2. The van der Waals surface area contributed by atoms with Crippen LogP contribution in [-0.2, 0) is 11.3 Å². The summed E-state index contributed by atoms with van der Waals surface area (Å²) in [7, 11) is 0. The third-order valence-electron chi connectivity index (χ3n) is 4.91. The molecule has 0 atom stereocenters. The number of hydrogen-bond acceptors (Lipinski definition) is 3. The highest BCUT2D eigenvalue weighted by Gasteiger charge is 2.14. The van der Waals surface area contributed by atoms with E-state index in [-0.39, 0.29) is 17.9 Å². The first-order valence-corrected chi connectivity index (χ1v) is 9.67. The van der Waals surface area contributed by atoms with Crippen molar-refractivity contribution >= 4 is 28.6 Å². The van der Waals surface area contributed by atoms with Crippen molar-refractivity contribution in [3.8, 4) is 11.4 Å². The predicted molar refractivity (Wildman–Crippen MR) is 117 cm³/mol. The van der Waals surface area contributed by atoms with Gasteiger partial charge in [-0.25, -0.2) is 9.78 Å². The SMILES string of the molecule is Cc1cccc(NC(=O)CCn2c(-c3ccc(C(=O)O)cc3)nc3ccccc32)c1. The van der Waals surface area contributed by atoms with Crippen LogP contribution in [0, 0.1) is 6.92 Å². The molecule has 1 aromatic heterocycles. The number of carbonyl (C=O) groups excluding carboxylic acids is 1. The zero-order valence-electron chi connectivity index (χ0n) is 16.5. The van der Waals surface area contributed by atoms with Crippen LogP contribution in [0.3, 0.4) is 0 Å². The molecule has 1 heterocycles. The molecule has 3 aromatic carbocycles. The molecular weight excluding hydrogens is 378 g/mol. The van der Waals surface area contributed by atoms with Crippen molar-refractivity contribution in [2.45, 2.75) is 19.9 Å². The number of aryl methyl sites for hydroxylation is 2. The average molecular weight is 399 g/mol. The molecule has 1 amide bonds. The fraction of sp³-hybridized carbons (Fsp3) is 0.125. The van der Waals surface area contributed by atoms with Crippen molar-refractivity contribution in [2.75, 3.05) is 5.32 Å². The molecule has 0 unspecified atom stereocenters. The Kier molecular flexibility index (Phi) is 5.30. The topological polar surface area (TPSA) is 84.2 Å². The van der Waals surface area contributed by atoms with Gasteiger partial charge in [0.25, 0.3) is 0 Å². The van der Waals surface area contributed by atoms with Crippen molar-refractivity contribution < 1.29 is 14.7 Å². The van der Waals surface area contributed by atoms with E-state index in [4.69, 9.17) is 10.1 Å². The van der Waals surface area contributed by atoms with Crippen LogP contribution in [0.15, 0.2) is 72.8 Å². The molecule has 0 spiro atoms. The van der Waals surface area contributed by atoms with Gasteiger partial charge in [0.2, 0.25) is 5.91 Å². The molecule has 0 aliphatic heterocycles. The number of rotatable bonds is 6. The number of fused-ring (bicyclic) bond motifs is 1. The van der Waals surface area contributed by atoms with E-state index in [0.717, 1.165) is 27.8 Å². The van der Waals surface area contributed by atoms with Crippen molar-refractivity contribution in [3.05, 3.63) is 83.9 Å². The lowest BCUT2D eigenvalue weighted by atomic mass is 10.1. The number of anilines is 1. The molecule has 6 heteroatoms. The summed E-state index contributed by atoms with van der Waals surface area (Å²) in [5.41, 5.74) is 4.64. The number of carboxylic acid groups (broad SMARTS) is 1. The number of hydrogen-bond donors (Lipinski definition) is 2. The van der Waals surface area contributed by atoms with Gasteiger partial charge in [0, 0.05) is 24.2 Å². The zero-order chi connectivity index (χ0) is 21.1. The number of aromatic nitrogens is 2. The minimum absolute atomic E-state index is 0.0782. The highest BCUT2D eigenvalue weighted by Crippen LogP contribution is 2.25. The molecule has 0 bridgehead atoms. The van der Waals surface area contributed by atoms with E-state index < -0.39 is 5.97 Å². The van der Waals surface area contributed by atoms with E-state index in [9.17, 15) is 9.59 Å². The third kappa shape index (κ3) is 4.07. The number of nitrogens with one attached hydrogen (secondary N) is 1. The first-order chi connectivity index (χ1) is 14.5. The molecule has 6 nitrogen and oxygen atoms in total. The first kappa shape index (κ1) is 19.4. The van der Waals surface area contributed by atoms with Crippen molar-refractivity contribution in [1.29, 1.82) is 0 Å². The summed E-state index contributed by atoms with van der Waals surface area (Å²) in [5, 5.41) is 12.1. The number of aromatic carboxylic acids is 1. The molecule has 150 valence electrons. The van der Waals surface area contributed by atoms with E-state index in [0.29, 0.717) is 12.4 Å². The normalized spacial score (nSPS) is 10.8. The Morgan fingerprint density at radius 2 is 1.77 bits per heavy atom. The molecule has 0 radical (unpaired) electrons. The van der Waals surface area contributed by atoms with Gasteiger partial charge in [-0.05, 0) is 48.9 Å². The van der Waals surface area contributed by atoms with Crippen LogP contribution in [0.4, 0.5) is 5.69 Å². The lowest BCUT2D eigenvalue weighted by Crippen LogP contribution is -2.15. The van der Waals surface area contributed by atoms with Crippen LogP contribution < -0.4 is 5.32 Å². The standard InChI is InChI=1S/C24H21N3O3/c1-16-5-4-6-19(15-16)25-22(28)13-14-27-21-8-3-2-7-20(21)26-23(27)17-9-11-18(12-10-17)24(29)30/h2-12,15H,13-14H2,1H3,(H,25,28)(H,29,30). The quantitative estimate of drug-likeness (QED) is 0.491. The molecule has 30 heavy (non-hydrogen) atoms. The predicted octanol–water partition coefficient (Wildman–Crippen LogP) is 4.74. The third-order valence-corrected chi connectivity index (χ3v) is 4.91. The second-order valence-electron chi connectivity index (χ2n) is 7.13. The smallest absolute Gasteiger partial charge is 0.335 e. The summed E-state index contributed by atoms with van der Waals surface area (Å²) in [4.78, 5) is 28.4. The summed E-state index contributed by atoms with van der Waals surface area (Å²) < 4.78 is 2.00. The Morgan fingerprint density at radius 3 is 2.50 bits per heavy atom. The summed E-state index contributed by atoms with van der Waals surface area (Å²) in [6, 6.07) is 22.0. The molecular formula is C24H21N3O3. The van der Waals surface area contributed by atoms with Gasteiger partial charge in [-0.15, -0.1) is 0 Å². The molecule has 0 fully saturated rings. The van der Waals surface area contributed by atoms with Gasteiger partial charge in [-0.1, -0.05) is 36.4 Å². The van der Waals surface area contributed by atoms with Gasteiger partial charge >= 0.3 is 5.97 Å². The zero-order valence-corrected chi connectivity index (χ0v) is 16.5. The van der Waals surface area contributed by atoms with Crippen molar-refractivity contribution in [1.82, 2.24) is 9.55 Å². The lowest BCUT2D eigenvalue weighted by molar-refractivity contribution is -0.116. The fourth-order valence-corrected chi connectivity index (χ4v) is 3.44. The average Bonchev–Trinajstić information content (AvgIpc) is 3.11. The van der Waals surface area contributed by atoms with Gasteiger partial charge < -0.3 is 15.0 Å². The van der Waals surface area contributed by atoms with Gasteiger partial charge in [-0.3, -0.25) is 4.79 Å². The van der Waals surface area contributed by atoms with E-state index in [1.807, 2.05) is 60.0 Å². The highest BCUT2D eigenvalue weighted by atomic mass is 16.4. The van der Waals surface area contributed by atoms with Gasteiger partial charge in [0.15, 0.2) is 0 Å². The molecule has 0 saturated heterocycles. The van der Waals surface area contributed by atoms with E-state index >= 15 is 0 Å². The number of carbonyl (C=O) groups is 2. The van der Waals surface area contributed by atoms with Gasteiger partial charge in [0.1, 0.15) is 5.82 Å². The van der Waals surface area contributed by atoms with Gasteiger partial charge in [-0.2, -0.15) is 0 Å². The summed E-state index contributed by atoms with van der Waals surface area (Å²) in [6.45, 7) is 2.43. The molecule has 0 saturated carbocycles. The Morgan fingerprint density at radius 1 is 1.00 bits per heavy atom. The second-order valence-corrected chi connectivity index (χ2v) is 7.13. The molecule has 4 rings (SSSR count). The van der Waals surface area contributed by atoms with Crippen LogP contribution in [0.1, 0.15) is 22.3 Å². The number of imidazole rings is 1. The second kappa shape index (κ2) is 8.21. The number of para-hydroxylation sites is 2. The summed E-state index contributed by atoms with van der Waals surface area (Å²) in [5.74, 6) is -0.343. The van der Waals surface area contributed by atoms with Gasteiger partial charge in [0.05, 0.1) is 16.6 Å². The van der Waals surface area contributed by atoms with Crippen LogP contribution in [-0.4, -0.2) is 26.5 Å². The maximum atomic E-state index is 12.5. The van der Waals surface area contributed by atoms with E-state index in [2.05, 4.69) is 5.32 Å². The molecule has 4 aromatic rings. The highest BCUT2D eigenvalue weighted by molar-refractivity contribution is 5.91. The van der Waals surface area contributed by atoms with Crippen LogP contribution in [0.2, 0.25) is 0 Å². The number of benzene rings is 3. The van der Waals surface area contributed by atoms with E-state index in [1.54, 1.807) is 24.3 Å². The Balaban J connectivity index is 1.60. The monoisotopic (exact) mass is 399 g/mol. The minimum Gasteiger partial charge on any atom is -0.478 e.